The second kappa shape index (κ2) is 12.0. The molecule has 2 N–H and O–H groups in total. The van der Waals surface area contributed by atoms with Gasteiger partial charge in [-0.15, -0.1) is 0 Å². The maximum Gasteiger partial charge on any atom is 0.340 e. The molecule has 0 radical (unpaired) electrons. The van der Waals surface area contributed by atoms with Gasteiger partial charge >= 0.3 is 11.9 Å². The van der Waals surface area contributed by atoms with Gasteiger partial charge in [0.1, 0.15) is 0 Å². The number of esters is 2. The monoisotopic (exact) mass is 528 g/mol. The first-order valence-electron chi connectivity index (χ1n) is 12.8. The van der Waals surface area contributed by atoms with Gasteiger partial charge in [-0.1, -0.05) is 84.9 Å². The third-order valence-corrected chi connectivity index (χ3v) is 6.51. The van der Waals surface area contributed by atoms with Gasteiger partial charge in [-0.3, -0.25) is 0 Å². The Bertz CT molecular complexity index is 1490. The van der Waals surface area contributed by atoms with E-state index in [2.05, 4.69) is 10.6 Å². The molecule has 40 heavy (non-hydrogen) atoms. The van der Waals surface area contributed by atoms with Crippen molar-refractivity contribution in [2.24, 2.45) is 0 Å². The van der Waals surface area contributed by atoms with Crippen LogP contribution in [-0.2, 0) is 9.47 Å². The molecule has 0 fully saturated rings. The number of ether oxygens (including phenoxy) is 2. The van der Waals surface area contributed by atoms with E-state index in [-0.39, 0.29) is 11.1 Å². The van der Waals surface area contributed by atoms with Crippen LogP contribution in [0.25, 0.3) is 22.3 Å². The number of carbonyl (C=O) groups is 2. The number of nitrogens with one attached hydrogen (secondary N) is 2. The predicted molar refractivity (Wildman–Crippen MR) is 159 cm³/mol. The van der Waals surface area contributed by atoms with Crippen LogP contribution in [0.15, 0.2) is 121 Å². The highest BCUT2D eigenvalue weighted by atomic mass is 16.5. The molecule has 0 saturated heterocycles. The Labute approximate surface area is 233 Å². The molecule has 0 unspecified atom stereocenters. The van der Waals surface area contributed by atoms with E-state index in [0.717, 1.165) is 33.6 Å². The van der Waals surface area contributed by atoms with Crippen molar-refractivity contribution in [1.29, 1.82) is 0 Å². The van der Waals surface area contributed by atoms with Crippen molar-refractivity contribution in [3.8, 4) is 22.3 Å². The average molecular weight is 529 g/mol. The van der Waals surface area contributed by atoms with Crippen LogP contribution in [0.4, 0.5) is 22.7 Å². The molecule has 0 aliphatic carbocycles. The number of methoxy groups -OCH3 is 2. The molecule has 0 aliphatic heterocycles. The van der Waals surface area contributed by atoms with E-state index < -0.39 is 11.9 Å². The van der Waals surface area contributed by atoms with Gasteiger partial charge in [0.15, 0.2) is 0 Å². The lowest BCUT2D eigenvalue weighted by atomic mass is 10.0. The van der Waals surface area contributed by atoms with Crippen molar-refractivity contribution < 1.29 is 19.1 Å². The van der Waals surface area contributed by atoms with Crippen LogP contribution < -0.4 is 10.6 Å². The van der Waals surface area contributed by atoms with E-state index in [9.17, 15) is 9.59 Å². The zero-order valence-electron chi connectivity index (χ0n) is 22.2. The molecule has 5 aromatic carbocycles. The van der Waals surface area contributed by atoms with Crippen LogP contribution in [0.1, 0.15) is 20.7 Å². The lowest BCUT2D eigenvalue weighted by Gasteiger charge is -2.17. The summed E-state index contributed by atoms with van der Waals surface area (Å²) in [6, 6.07) is 38.9. The normalized spacial score (nSPS) is 10.4. The number of rotatable bonds is 8. The minimum atomic E-state index is -0.540. The summed E-state index contributed by atoms with van der Waals surface area (Å²) in [5.41, 5.74) is 7.20. The van der Waals surface area contributed by atoms with E-state index in [1.807, 2.05) is 109 Å². The van der Waals surface area contributed by atoms with Gasteiger partial charge in [0.05, 0.1) is 36.7 Å². The predicted octanol–water partition coefficient (Wildman–Crippen LogP) is 8.08. The Morgan fingerprint density at radius 3 is 1.12 bits per heavy atom. The first-order valence-corrected chi connectivity index (χ1v) is 12.8. The summed E-state index contributed by atoms with van der Waals surface area (Å²) in [4.78, 5) is 25.6. The standard InChI is InChI=1S/C34H28N2O4/c1-39-33(37)29-21-32(36-28-19-15-26(16-20-28)24-11-7-4-8-12-24)30(34(38)40-2)22-31(29)35-27-17-13-25(14-18-27)23-9-5-3-6-10-23/h3-22,35-36H,1-2H3. The van der Waals surface area contributed by atoms with Gasteiger partial charge in [-0.25, -0.2) is 9.59 Å². The Morgan fingerprint density at radius 1 is 0.475 bits per heavy atom. The highest BCUT2D eigenvalue weighted by molar-refractivity contribution is 6.04. The minimum absolute atomic E-state index is 0.269. The molecule has 6 nitrogen and oxygen atoms in total. The van der Waals surface area contributed by atoms with Gasteiger partial charge in [-0.05, 0) is 58.7 Å². The zero-order chi connectivity index (χ0) is 27.9. The molecule has 0 bridgehead atoms. The zero-order valence-corrected chi connectivity index (χ0v) is 22.2. The van der Waals surface area contributed by atoms with Crippen LogP contribution >= 0.6 is 0 Å². The summed E-state index contributed by atoms with van der Waals surface area (Å²) in [5, 5.41) is 6.53. The van der Waals surface area contributed by atoms with E-state index in [0.29, 0.717) is 11.4 Å². The fourth-order valence-corrected chi connectivity index (χ4v) is 4.43. The quantitative estimate of drug-likeness (QED) is 0.198. The molecule has 6 heteroatoms. The summed E-state index contributed by atoms with van der Waals surface area (Å²) in [6.07, 6.45) is 0. The van der Waals surface area contributed by atoms with Gasteiger partial charge in [-0.2, -0.15) is 0 Å². The molecule has 0 saturated carbocycles. The van der Waals surface area contributed by atoms with Crippen molar-refractivity contribution in [1.82, 2.24) is 0 Å². The van der Waals surface area contributed by atoms with Crippen LogP contribution in [0.2, 0.25) is 0 Å². The summed E-state index contributed by atoms with van der Waals surface area (Å²) in [5.74, 6) is -1.08. The molecular weight excluding hydrogens is 500 g/mol. The van der Waals surface area contributed by atoms with Crippen LogP contribution in [0.5, 0.6) is 0 Å². The van der Waals surface area contributed by atoms with Crippen molar-refractivity contribution in [3.63, 3.8) is 0 Å². The lowest BCUT2D eigenvalue weighted by Crippen LogP contribution is -2.12. The van der Waals surface area contributed by atoms with E-state index in [1.54, 1.807) is 12.1 Å². The Hall–Kier alpha value is -5.36. The van der Waals surface area contributed by atoms with Crippen LogP contribution in [0, 0.1) is 0 Å². The van der Waals surface area contributed by atoms with E-state index in [4.69, 9.17) is 9.47 Å². The summed E-state index contributed by atoms with van der Waals surface area (Å²) in [7, 11) is 2.65. The van der Waals surface area contributed by atoms with Crippen molar-refractivity contribution in [2.45, 2.75) is 0 Å². The first-order chi connectivity index (χ1) is 19.6. The molecule has 198 valence electrons. The van der Waals surface area contributed by atoms with Gasteiger partial charge < -0.3 is 20.1 Å². The van der Waals surface area contributed by atoms with Crippen molar-refractivity contribution >= 4 is 34.7 Å². The Kier molecular flexibility index (Phi) is 7.88. The largest absolute Gasteiger partial charge is 0.465 e. The maximum absolute atomic E-state index is 12.8. The summed E-state index contributed by atoms with van der Waals surface area (Å²) >= 11 is 0. The van der Waals surface area contributed by atoms with E-state index >= 15 is 0 Å². The number of hydrogen-bond donors (Lipinski definition) is 2. The maximum atomic E-state index is 12.8. The number of hydrogen-bond acceptors (Lipinski definition) is 6. The summed E-state index contributed by atoms with van der Waals surface area (Å²) < 4.78 is 10.1. The second-order valence-corrected chi connectivity index (χ2v) is 9.06. The number of anilines is 4. The molecular formula is C34H28N2O4. The molecule has 0 heterocycles. The molecule has 0 aliphatic rings. The topological polar surface area (TPSA) is 76.7 Å². The fourth-order valence-electron chi connectivity index (χ4n) is 4.43. The second-order valence-electron chi connectivity index (χ2n) is 9.06. The third kappa shape index (κ3) is 5.87. The van der Waals surface area contributed by atoms with Crippen molar-refractivity contribution in [2.75, 3.05) is 24.9 Å². The van der Waals surface area contributed by atoms with Gasteiger partial charge in [0, 0.05) is 11.4 Å². The smallest absolute Gasteiger partial charge is 0.340 e. The minimum Gasteiger partial charge on any atom is -0.465 e. The molecule has 0 amide bonds. The summed E-state index contributed by atoms with van der Waals surface area (Å²) in [6.45, 7) is 0. The van der Waals surface area contributed by atoms with E-state index in [1.165, 1.54) is 14.2 Å². The molecule has 0 atom stereocenters. The average Bonchev–Trinajstić information content (AvgIpc) is 3.02. The molecule has 0 aromatic heterocycles. The highest BCUT2D eigenvalue weighted by Crippen LogP contribution is 2.32. The molecule has 0 spiro atoms. The van der Waals surface area contributed by atoms with Gasteiger partial charge in [0.25, 0.3) is 0 Å². The Balaban J connectivity index is 1.47. The molecule has 5 rings (SSSR count). The number of benzene rings is 5. The first kappa shape index (κ1) is 26.3. The number of carbonyl (C=O) groups excluding carboxylic acids is 2. The van der Waals surface area contributed by atoms with Crippen LogP contribution in [-0.4, -0.2) is 26.2 Å². The van der Waals surface area contributed by atoms with Crippen molar-refractivity contribution in [3.05, 3.63) is 132 Å². The highest BCUT2D eigenvalue weighted by Gasteiger charge is 2.21. The SMILES string of the molecule is COC(=O)c1cc(Nc2ccc(-c3ccccc3)cc2)c(C(=O)OC)cc1Nc1ccc(-c2ccccc2)cc1. The van der Waals surface area contributed by atoms with Gasteiger partial charge in [0.2, 0.25) is 0 Å². The Morgan fingerprint density at radius 2 is 0.800 bits per heavy atom. The third-order valence-electron chi connectivity index (χ3n) is 6.51. The lowest BCUT2D eigenvalue weighted by molar-refractivity contribution is 0.0588. The van der Waals surface area contributed by atoms with Crippen LogP contribution in [0.3, 0.4) is 0 Å². The fraction of sp³-hybridized carbons (Fsp3) is 0.0588. The molecule has 5 aromatic rings.